The first-order valence-electron chi connectivity index (χ1n) is 5.19. The number of benzene rings is 1. The fraction of sp³-hybridized carbons (Fsp3) is 0.0769. The largest absolute Gasteiger partial charge is 0.508 e. The van der Waals surface area contributed by atoms with Crippen LogP contribution in [0.15, 0.2) is 42.5 Å². The van der Waals surface area contributed by atoms with Gasteiger partial charge in [-0.25, -0.2) is 4.98 Å². The second-order valence-corrected chi connectivity index (χ2v) is 3.67. The van der Waals surface area contributed by atoms with E-state index in [0.29, 0.717) is 11.4 Å². The monoisotopic (exact) mass is 228 g/mol. The average molecular weight is 228 g/mol. The zero-order valence-corrected chi connectivity index (χ0v) is 9.34. The van der Waals surface area contributed by atoms with Gasteiger partial charge in [-0.3, -0.25) is 4.79 Å². The van der Waals surface area contributed by atoms with E-state index in [2.05, 4.69) is 10.3 Å². The zero-order chi connectivity index (χ0) is 12.3. The maximum absolute atomic E-state index is 11.8. The quantitative estimate of drug-likeness (QED) is 0.829. The zero-order valence-electron chi connectivity index (χ0n) is 9.34. The Morgan fingerprint density at radius 3 is 2.53 bits per heavy atom. The third-order valence-corrected chi connectivity index (χ3v) is 2.26. The van der Waals surface area contributed by atoms with E-state index in [1.165, 1.54) is 12.1 Å². The molecule has 2 N–H and O–H groups in total. The summed E-state index contributed by atoms with van der Waals surface area (Å²) in [4.78, 5) is 16.0. The fourth-order valence-electron chi connectivity index (χ4n) is 1.41. The van der Waals surface area contributed by atoms with Crippen LogP contribution < -0.4 is 5.32 Å². The molecule has 0 saturated heterocycles. The summed E-state index contributed by atoms with van der Waals surface area (Å²) in [5.41, 5.74) is 1.32. The van der Waals surface area contributed by atoms with Gasteiger partial charge in [0.25, 0.3) is 5.91 Å². The summed E-state index contributed by atoms with van der Waals surface area (Å²) < 4.78 is 0. The van der Waals surface area contributed by atoms with Crippen molar-refractivity contribution in [3.05, 3.63) is 53.7 Å². The maximum atomic E-state index is 11.8. The third kappa shape index (κ3) is 2.81. The second kappa shape index (κ2) is 4.65. The molecule has 0 spiro atoms. The molecule has 0 aliphatic carbocycles. The van der Waals surface area contributed by atoms with Crippen molar-refractivity contribution >= 4 is 11.7 Å². The van der Waals surface area contributed by atoms with Crippen LogP contribution in [-0.2, 0) is 0 Å². The Morgan fingerprint density at radius 1 is 1.18 bits per heavy atom. The van der Waals surface area contributed by atoms with Gasteiger partial charge < -0.3 is 10.4 Å². The molecule has 0 aliphatic rings. The average Bonchev–Trinajstić information content (AvgIpc) is 2.29. The molecule has 4 heteroatoms. The first kappa shape index (κ1) is 11.1. The van der Waals surface area contributed by atoms with Crippen LogP contribution in [0.3, 0.4) is 0 Å². The molecule has 0 aliphatic heterocycles. The molecule has 0 atom stereocenters. The molecule has 0 saturated carbocycles. The van der Waals surface area contributed by atoms with Crippen molar-refractivity contribution in [1.82, 2.24) is 4.98 Å². The van der Waals surface area contributed by atoms with Crippen molar-refractivity contribution in [3.63, 3.8) is 0 Å². The van der Waals surface area contributed by atoms with Gasteiger partial charge in [-0.05, 0) is 43.3 Å². The van der Waals surface area contributed by atoms with Gasteiger partial charge in [0.15, 0.2) is 0 Å². The van der Waals surface area contributed by atoms with E-state index >= 15 is 0 Å². The minimum Gasteiger partial charge on any atom is -0.508 e. The van der Waals surface area contributed by atoms with Crippen molar-refractivity contribution in [2.24, 2.45) is 0 Å². The number of aromatic hydroxyl groups is 1. The van der Waals surface area contributed by atoms with Crippen molar-refractivity contribution in [2.45, 2.75) is 6.92 Å². The van der Waals surface area contributed by atoms with Gasteiger partial charge in [0.2, 0.25) is 0 Å². The number of phenolic OH excluding ortho intramolecular Hbond substituents is 1. The van der Waals surface area contributed by atoms with E-state index in [1.807, 2.05) is 19.1 Å². The number of carbonyl (C=O) groups excluding carboxylic acids is 1. The molecule has 2 rings (SSSR count). The summed E-state index contributed by atoms with van der Waals surface area (Å²) in [7, 11) is 0. The number of aryl methyl sites for hydroxylation is 1. The lowest BCUT2D eigenvalue weighted by atomic mass is 10.2. The Morgan fingerprint density at radius 2 is 1.88 bits per heavy atom. The number of pyridine rings is 1. The Balaban J connectivity index is 2.14. The Hall–Kier alpha value is -2.36. The number of hydrogen-bond acceptors (Lipinski definition) is 3. The van der Waals surface area contributed by atoms with Crippen LogP contribution >= 0.6 is 0 Å². The molecular formula is C13H12N2O2. The van der Waals surface area contributed by atoms with E-state index in [-0.39, 0.29) is 11.7 Å². The third-order valence-electron chi connectivity index (χ3n) is 2.26. The molecule has 2 aromatic rings. The van der Waals surface area contributed by atoms with Crippen LogP contribution in [0.25, 0.3) is 0 Å². The number of nitrogens with one attached hydrogen (secondary N) is 1. The first-order valence-corrected chi connectivity index (χ1v) is 5.19. The van der Waals surface area contributed by atoms with E-state index in [1.54, 1.807) is 18.2 Å². The molecular weight excluding hydrogens is 216 g/mol. The number of rotatable bonds is 2. The van der Waals surface area contributed by atoms with Crippen molar-refractivity contribution < 1.29 is 9.90 Å². The smallest absolute Gasteiger partial charge is 0.256 e. The second-order valence-electron chi connectivity index (χ2n) is 3.67. The highest BCUT2D eigenvalue weighted by atomic mass is 16.3. The molecule has 1 amide bonds. The van der Waals surface area contributed by atoms with Crippen LogP contribution in [0.5, 0.6) is 5.75 Å². The molecule has 4 nitrogen and oxygen atoms in total. The highest BCUT2D eigenvalue weighted by molar-refractivity contribution is 6.03. The molecule has 0 radical (unpaired) electrons. The van der Waals surface area contributed by atoms with Gasteiger partial charge in [0.1, 0.15) is 11.6 Å². The first-order chi connectivity index (χ1) is 8.15. The molecule has 0 bridgehead atoms. The van der Waals surface area contributed by atoms with Gasteiger partial charge in [0, 0.05) is 11.3 Å². The normalized spacial score (nSPS) is 9.94. The van der Waals surface area contributed by atoms with E-state index in [4.69, 9.17) is 5.11 Å². The fourth-order valence-corrected chi connectivity index (χ4v) is 1.41. The lowest BCUT2D eigenvalue weighted by Crippen LogP contribution is -2.12. The number of hydrogen-bond donors (Lipinski definition) is 2. The molecule has 1 aromatic heterocycles. The lowest BCUT2D eigenvalue weighted by Gasteiger charge is -2.05. The van der Waals surface area contributed by atoms with Crippen molar-refractivity contribution in [1.29, 1.82) is 0 Å². The topological polar surface area (TPSA) is 62.2 Å². The Bertz CT molecular complexity index is 535. The molecule has 0 unspecified atom stereocenters. The number of aromatic nitrogens is 1. The lowest BCUT2D eigenvalue weighted by molar-refractivity contribution is 0.102. The summed E-state index contributed by atoms with van der Waals surface area (Å²) in [6.45, 7) is 1.86. The van der Waals surface area contributed by atoms with Gasteiger partial charge in [-0.1, -0.05) is 6.07 Å². The predicted octanol–water partition coefficient (Wildman–Crippen LogP) is 2.35. The summed E-state index contributed by atoms with van der Waals surface area (Å²) in [6.07, 6.45) is 0. The van der Waals surface area contributed by atoms with E-state index in [0.717, 1.165) is 5.69 Å². The maximum Gasteiger partial charge on any atom is 0.256 e. The minimum atomic E-state index is -0.247. The van der Waals surface area contributed by atoms with E-state index in [9.17, 15) is 4.79 Å². The van der Waals surface area contributed by atoms with Gasteiger partial charge in [-0.15, -0.1) is 0 Å². The number of phenols is 1. The highest BCUT2D eigenvalue weighted by Gasteiger charge is 2.06. The molecule has 86 valence electrons. The van der Waals surface area contributed by atoms with Gasteiger partial charge in [0.05, 0.1) is 0 Å². The van der Waals surface area contributed by atoms with Gasteiger partial charge >= 0.3 is 0 Å². The highest BCUT2D eigenvalue weighted by Crippen LogP contribution is 2.11. The van der Waals surface area contributed by atoms with E-state index < -0.39 is 0 Å². The standard InChI is InChI=1S/C13H12N2O2/c1-9-3-2-4-12(14-9)15-13(17)10-5-7-11(16)8-6-10/h2-8,16H,1H3,(H,14,15,17). The number of carbonyl (C=O) groups is 1. The number of amides is 1. The van der Waals surface area contributed by atoms with Crippen LogP contribution in [0.2, 0.25) is 0 Å². The minimum absolute atomic E-state index is 0.134. The summed E-state index contributed by atoms with van der Waals surface area (Å²) in [5.74, 6) is 0.404. The van der Waals surface area contributed by atoms with Crippen molar-refractivity contribution in [3.8, 4) is 5.75 Å². The molecule has 0 fully saturated rings. The summed E-state index contributed by atoms with van der Waals surface area (Å²) in [6, 6.07) is 11.5. The SMILES string of the molecule is Cc1cccc(NC(=O)c2ccc(O)cc2)n1. The number of nitrogens with zero attached hydrogens (tertiary/aromatic N) is 1. The molecule has 1 heterocycles. The van der Waals surface area contributed by atoms with Crippen molar-refractivity contribution in [2.75, 3.05) is 5.32 Å². The van der Waals surface area contributed by atoms with Crippen LogP contribution in [0.4, 0.5) is 5.82 Å². The van der Waals surface area contributed by atoms with Crippen LogP contribution in [-0.4, -0.2) is 16.0 Å². The molecule has 17 heavy (non-hydrogen) atoms. The molecule has 1 aromatic carbocycles. The summed E-state index contributed by atoms with van der Waals surface area (Å²) in [5, 5.41) is 11.8. The predicted molar refractivity (Wildman–Crippen MR) is 65.0 cm³/mol. The van der Waals surface area contributed by atoms with Crippen LogP contribution in [0.1, 0.15) is 16.1 Å². The summed E-state index contributed by atoms with van der Waals surface area (Å²) >= 11 is 0. The Kier molecular flexibility index (Phi) is 3.05. The Labute approximate surface area is 98.9 Å². The van der Waals surface area contributed by atoms with Crippen LogP contribution in [0, 0.1) is 6.92 Å². The van der Waals surface area contributed by atoms with Gasteiger partial charge in [-0.2, -0.15) is 0 Å². The number of anilines is 1.